The van der Waals surface area contributed by atoms with Gasteiger partial charge in [0.05, 0.1) is 0 Å². The molecule has 0 radical (unpaired) electrons. The molecule has 120 valence electrons. The first-order chi connectivity index (χ1) is 9.74. The van der Waals surface area contributed by atoms with Gasteiger partial charge in [0, 0.05) is 25.6 Å². The lowest BCUT2D eigenvalue weighted by Crippen LogP contribution is -2.48. The van der Waals surface area contributed by atoms with Gasteiger partial charge in [0.2, 0.25) is 5.95 Å². The summed E-state index contributed by atoms with van der Waals surface area (Å²) in [5, 5.41) is 7.49. The molecule has 3 unspecified atom stereocenters. The molecule has 3 N–H and O–H groups in total. The van der Waals surface area contributed by atoms with Crippen molar-refractivity contribution in [1.29, 1.82) is 0 Å². The van der Waals surface area contributed by atoms with Crippen LogP contribution in [0.25, 0.3) is 0 Å². The zero-order valence-electron chi connectivity index (χ0n) is 14.2. The van der Waals surface area contributed by atoms with Crippen LogP contribution in [0.5, 0.6) is 0 Å². The summed E-state index contributed by atoms with van der Waals surface area (Å²) in [7, 11) is 0. The molecule has 0 saturated carbocycles. The molecule has 1 aromatic rings. The summed E-state index contributed by atoms with van der Waals surface area (Å²) in [5.41, 5.74) is 6.51. The number of H-pyrrole nitrogens is 1. The highest BCUT2D eigenvalue weighted by atomic mass is 15.4. The monoisotopic (exact) mass is 293 g/mol. The number of hydrogen-bond acceptors (Lipinski definition) is 4. The molecule has 21 heavy (non-hydrogen) atoms. The Bertz CT molecular complexity index is 448. The van der Waals surface area contributed by atoms with Crippen molar-refractivity contribution >= 4 is 5.95 Å². The molecule has 1 fully saturated rings. The number of nitrogens with zero attached hydrogens (tertiary/aromatic N) is 3. The molecule has 2 heterocycles. The maximum Gasteiger partial charge on any atom is 0.244 e. The quantitative estimate of drug-likeness (QED) is 0.895. The van der Waals surface area contributed by atoms with Gasteiger partial charge in [-0.3, -0.25) is 5.10 Å². The van der Waals surface area contributed by atoms with Crippen molar-refractivity contribution in [1.82, 2.24) is 15.2 Å². The van der Waals surface area contributed by atoms with Gasteiger partial charge < -0.3 is 10.6 Å². The topological polar surface area (TPSA) is 70.8 Å². The molecule has 1 aliphatic heterocycles. The molecular weight excluding hydrogens is 262 g/mol. The van der Waals surface area contributed by atoms with Crippen molar-refractivity contribution in [3.8, 4) is 0 Å². The summed E-state index contributed by atoms with van der Waals surface area (Å²) < 4.78 is 0. The second-order valence-corrected chi connectivity index (χ2v) is 8.03. The van der Waals surface area contributed by atoms with Gasteiger partial charge >= 0.3 is 0 Å². The van der Waals surface area contributed by atoms with Gasteiger partial charge in [0.1, 0.15) is 5.82 Å². The van der Waals surface area contributed by atoms with E-state index in [2.05, 4.69) is 54.7 Å². The molecule has 0 aromatic carbocycles. The fraction of sp³-hybridized carbons (Fsp3) is 0.875. The minimum atomic E-state index is 0.223. The standard InChI is InChI=1S/C16H31N5/c1-11(9-16(3,4)5)8-14-18-15(20-19-14)21-7-6-12(2)13(17)10-21/h11-13H,6-10,17H2,1-5H3,(H,18,19,20). The van der Waals surface area contributed by atoms with Crippen molar-refractivity contribution in [2.45, 2.75) is 59.9 Å². The Morgan fingerprint density at radius 3 is 2.76 bits per heavy atom. The fourth-order valence-electron chi connectivity index (χ4n) is 3.25. The highest BCUT2D eigenvalue weighted by Gasteiger charge is 2.25. The van der Waals surface area contributed by atoms with Crippen LogP contribution in [-0.4, -0.2) is 34.3 Å². The Balaban J connectivity index is 1.92. The first-order valence-electron chi connectivity index (χ1n) is 8.16. The summed E-state index contributed by atoms with van der Waals surface area (Å²) in [5.74, 6) is 3.00. The van der Waals surface area contributed by atoms with E-state index in [4.69, 9.17) is 5.73 Å². The molecular formula is C16H31N5. The van der Waals surface area contributed by atoms with Gasteiger partial charge in [-0.1, -0.05) is 34.6 Å². The van der Waals surface area contributed by atoms with E-state index in [1.807, 2.05) is 0 Å². The van der Waals surface area contributed by atoms with E-state index in [1.54, 1.807) is 0 Å². The molecule has 3 atom stereocenters. The largest absolute Gasteiger partial charge is 0.338 e. The third-order valence-corrected chi connectivity index (χ3v) is 4.32. The third kappa shape index (κ3) is 4.70. The predicted molar refractivity (Wildman–Crippen MR) is 87.3 cm³/mol. The average Bonchev–Trinajstić information content (AvgIpc) is 2.78. The lowest BCUT2D eigenvalue weighted by Gasteiger charge is -2.34. The minimum Gasteiger partial charge on any atom is -0.338 e. The second-order valence-electron chi connectivity index (χ2n) is 8.03. The van der Waals surface area contributed by atoms with E-state index in [9.17, 15) is 0 Å². The molecule has 2 rings (SSSR count). The summed E-state index contributed by atoms with van der Waals surface area (Å²) in [4.78, 5) is 6.87. The van der Waals surface area contributed by atoms with E-state index in [-0.39, 0.29) is 6.04 Å². The van der Waals surface area contributed by atoms with Crippen molar-refractivity contribution < 1.29 is 0 Å². The van der Waals surface area contributed by atoms with Gasteiger partial charge in [-0.15, -0.1) is 5.10 Å². The zero-order valence-corrected chi connectivity index (χ0v) is 14.2. The summed E-state index contributed by atoms with van der Waals surface area (Å²) in [6.45, 7) is 13.2. The molecule has 5 nitrogen and oxygen atoms in total. The first kappa shape index (κ1) is 16.3. The minimum absolute atomic E-state index is 0.223. The Kier molecular flexibility index (Phi) is 4.91. The number of aromatic nitrogens is 3. The lowest BCUT2D eigenvalue weighted by molar-refractivity contribution is 0.304. The highest BCUT2D eigenvalue weighted by molar-refractivity contribution is 5.30. The van der Waals surface area contributed by atoms with Gasteiger partial charge in [0.25, 0.3) is 0 Å². The Morgan fingerprint density at radius 1 is 1.43 bits per heavy atom. The Morgan fingerprint density at radius 2 is 2.14 bits per heavy atom. The predicted octanol–water partition coefficient (Wildman–Crippen LogP) is 2.59. The number of piperidine rings is 1. The van der Waals surface area contributed by atoms with Gasteiger partial charge in [-0.25, -0.2) is 0 Å². The lowest BCUT2D eigenvalue weighted by atomic mass is 9.84. The van der Waals surface area contributed by atoms with Crippen LogP contribution in [0.15, 0.2) is 0 Å². The summed E-state index contributed by atoms with van der Waals surface area (Å²) in [6.07, 6.45) is 3.27. The third-order valence-electron chi connectivity index (χ3n) is 4.32. The van der Waals surface area contributed by atoms with E-state index in [0.717, 1.165) is 37.7 Å². The number of rotatable bonds is 4. The Hall–Kier alpha value is -1.10. The van der Waals surface area contributed by atoms with Crippen LogP contribution in [0, 0.1) is 17.3 Å². The van der Waals surface area contributed by atoms with Gasteiger partial charge in [-0.2, -0.15) is 4.98 Å². The van der Waals surface area contributed by atoms with Crippen LogP contribution in [0.4, 0.5) is 5.95 Å². The van der Waals surface area contributed by atoms with Crippen LogP contribution in [0.2, 0.25) is 0 Å². The van der Waals surface area contributed by atoms with Crippen molar-refractivity contribution in [3.63, 3.8) is 0 Å². The molecule has 5 heteroatoms. The molecule has 1 aliphatic rings. The fourth-order valence-corrected chi connectivity index (χ4v) is 3.25. The van der Waals surface area contributed by atoms with Crippen LogP contribution >= 0.6 is 0 Å². The van der Waals surface area contributed by atoms with E-state index in [0.29, 0.717) is 17.3 Å². The molecule has 0 bridgehead atoms. The summed E-state index contributed by atoms with van der Waals surface area (Å²) >= 11 is 0. The van der Waals surface area contributed by atoms with Crippen molar-refractivity contribution in [2.24, 2.45) is 23.0 Å². The van der Waals surface area contributed by atoms with Crippen molar-refractivity contribution in [3.05, 3.63) is 5.82 Å². The van der Waals surface area contributed by atoms with Crippen LogP contribution in [0.3, 0.4) is 0 Å². The normalized spacial score (nSPS) is 25.1. The number of nitrogens with one attached hydrogen (secondary N) is 1. The average molecular weight is 293 g/mol. The maximum absolute atomic E-state index is 6.16. The summed E-state index contributed by atoms with van der Waals surface area (Å²) in [6, 6.07) is 0.223. The van der Waals surface area contributed by atoms with Crippen LogP contribution < -0.4 is 10.6 Å². The SMILES string of the molecule is CC(Cc1nc(N2CCC(C)C(N)C2)n[nH]1)CC(C)(C)C. The van der Waals surface area contributed by atoms with Crippen molar-refractivity contribution in [2.75, 3.05) is 18.0 Å². The van der Waals surface area contributed by atoms with Gasteiger partial charge in [0.15, 0.2) is 0 Å². The molecule has 0 aliphatic carbocycles. The number of anilines is 1. The van der Waals surface area contributed by atoms with Crippen LogP contribution in [0.1, 0.15) is 53.3 Å². The first-order valence-corrected chi connectivity index (χ1v) is 8.16. The number of nitrogens with two attached hydrogens (primary N) is 1. The Labute approximate surface area is 128 Å². The van der Waals surface area contributed by atoms with Gasteiger partial charge in [-0.05, 0) is 30.1 Å². The number of aromatic amines is 1. The van der Waals surface area contributed by atoms with E-state index in [1.165, 1.54) is 6.42 Å². The molecule has 1 aromatic heterocycles. The molecule has 0 spiro atoms. The van der Waals surface area contributed by atoms with Crippen LogP contribution in [-0.2, 0) is 6.42 Å². The molecule has 1 saturated heterocycles. The zero-order chi connectivity index (χ0) is 15.6. The smallest absolute Gasteiger partial charge is 0.244 e. The maximum atomic E-state index is 6.16. The van der Waals surface area contributed by atoms with E-state index < -0.39 is 0 Å². The van der Waals surface area contributed by atoms with E-state index >= 15 is 0 Å². The second kappa shape index (κ2) is 6.34. The highest BCUT2D eigenvalue weighted by Crippen LogP contribution is 2.26. The number of hydrogen-bond donors (Lipinski definition) is 2. The molecule has 0 amide bonds.